The second-order valence-corrected chi connectivity index (χ2v) is 21.5. The van der Waals surface area contributed by atoms with Crippen molar-refractivity contribution in [3.05, 3.63) is 0 Å². The normalized spacial score (nSPS) is 12.6. The summed E-state index contributed by atoms with van der Waals surface area (Å²) in [5.74, 6) is 1.31. The van der Waals surface area contributed by atoms with E-state index in [9.17, 15) is 0 Å². The molecule has 0 spiro atoms. The number of hydrogen-bond acceptors (Lipinski definition) is 4. The SMILES string of the molecule is CCCCCCCCCCCCCCCCO[Si](CC(C)CS)(OCCCCCCCCCCCCCCCC)OCCCCCCCCCCCCCCCC. The minimum atomic E-state index is -2.74. The Morgan fingerprint density at radius 2 is 0.474 bits per heavy atom. The highest BCUT2D eigenvalue weighted by atomic mass is 32.1. The Morgan fingerprint density at radius 3 is 0.649 bits per heavy atom. The summed E-state index contributed by atoms with van der Waals surface area (Å²) < 4.78 is 20.4. The van der Waals surface area contributed by atoms with Gasteiger partial charge in [-0.2, -0.15) is 12.6 Å². The molecule has 0 aromatic carbocycles. The van der Waals surface area contributed by atoms with E-state index in [2.05, 4.69) is 40.3 Å². The molecule has 5 heteroatoms. The molecule has 0 saturated carbocycles. The van der Waals surface area contributed by atoms with Crippen molar-refractivity contribution in [2.45, 2.75) is 303 Å². The van der Waals surface area contributed by atoms with E-state index in [0.717, 1.165) is 50.9 Å². The Balaban J connectivity index is 4.53. The molecular formula is C52H108O3SSi. The van der Waals surface area contributed by atoms with E-state index >= 15 is 0 Å². The Morgan fingerprint density at radius 1 is 0.298 bits per heavy atom. The summed E-state index contributed by atoms with van der Waals surface area (Å²) in [6.07, 6.45) is 58.1. The predicted octanol–water partition coefficient (Wildman–Crippen LogP) is 19.0. The first-order valence-corrected chi connectivity index (χ1v) is 29.2. The van der Waals surface area contributed by atoms with Gasteiger partial charge in [-0.05, 0) is 30.9 Å². The van der Waals surface area contributed by atoms with E-state index in [1.54, 1.807) is 0 Å². The minimum absolute atomic E-state index is 0.448. The van der Waals surface area contributed by atoms with Crippen molar-refractivity contribution in [2.24, 2.45) is 5.92 Å². The average molecular weight is 842 g/mol. The van der Waals surface area contributed by atoms with Crippen molar-refractivity contribution in [3.8, 4) is 0 Å². The molecule has 1 atom stereocenters. The van der Waals surface area contributed by atoms with Gasteiger partial charge in [0.25, 0.3) is 0 Å². The highest BCUT2D eigenvalue weighted by molar-refractivity contribution is 7.80. The van der Waals surface area contributed by atoms with Crippen molar-refractivity contribution >= 4 is 21.4 Å². The quantitative estimate of drug-likeness (QED) is 0.0376. The molecule has 0 N–H and O–H groups in total. The summed E-state index contributed by atoms with van der Waals surface area (Å²) in [6, 6.07) is 0.909. The summed E-state index contributed by atoms with van der Waals surface area (Å²) in [4.78, 5) is 0. The third kappa shape index (κ3) is 44.3. The van der Waals surface area contributed by atoms with Crippen LogP contribution in [-0.4, -0.2) is 34.4 Å². The zero-order valence-electron chi connectivity index (χ0n) is 40.0. The Hall–Kier alpha value is 0.447. The number of thiol groups is 1. The predicted molar refractivity (Wildman–Crippen MR) is 262 cm³/mol. The van der Waals surface area contributed by atoms with Crippen LogP contribution in [-0.2, 0) is 13.3 Å². The van der Waals surface area contributed by atoms with Crippen LogP contribution in [0.2, 0.25) is 6.04 Å². The van der Waals surface area contributed by atoms with Crippen LogP contribution < -0.4 is 0 Å². The highest BCUT2D eigenvalue weighted by Crippen LogP contribution is 2.25. The number of hydrogen-bond donors (Lipinski definition) is 1. The van der Waals surface area contributed by atoms with Gasteiger partial charge in [0, 0.05) is 25.9 Å². The Bertz CT molecular complexity index is 640. The van der Waals surface area contributed by atoms with Crippen LogP contribution >= 0.6 is 12.6 Å². The van der Waals surface area contributed by atoms with E-state index < -0.39 is 8.80 Å². The summed E-state index contributed by atoms with van der Waals surface area (Å²) in [7, 11) is -2.74. The molecule has 0 rings (SSSR count). The third-order valence-electron chi connectivity index (χ3n) is 12.4. The van der Waals surface area contributed by atoms with E-state index in [0.29, 0.717) is 5.92 Å². The van der Waals surface area contributed by atoms with Crippen molar-refractivity contribution in [1.82, 2.24) is 0 Å². The van der Waals surface area contributed by atoms with E-state index in [4.69, 9.17) is 13.3 Å². The van der Waals surface area contributed by atoms with Gasteiger partial charge < -0.3 is 13.3 Å². The van der Waals surface area contributed by atoms with Gasteiger partial charge in [0.1, 0.15) is 0 Å². The third-order valence-corrected chi connectivity index (χ3v) is 16.1. The summed E-state index contributed by atoms with van der Waals surface area (Å²) in [5, 5.41) is 0. The first kappa shape index (κ1) is 57.4. The molecule has 1 unspecified atom stereocenters. The maximum Gasteiger partial charge on any atom is 0.501 e. The first-order valence-electron chi connectivity index (χ1n) is 26.7. The molecule has 0 aliphatic heterocycles. The van der Waals surface area contributed by atoms with Gasteiger partial charge >= 0.3 is 8.80 Å². The van der Waals surface area contributed by atoms with Crippen LogP contribution in [0.4, 0.5) is 0 Å². The van der Waals surface area contributed by atoms with E-state index in [1.807, 2.05) is 0 Å². The molecule has 0 aromatic rings. The average Bonchev–Trinajstić information content (AvgIpc) is 3.22. The summed E-state index contributed by atoms with van der Waals surface area (Å²) in [5.41, 5.74) is 0. The largest absolute Gasteiger partial charge is 0.501 e. The highest BCUT2D eigenvalue weighted by Gasteiger charge is 2.42. The lowest BCUT2D eigenvalue weighted by molar-refractivity contribution is 0.0525. The smallest absolute Gasteiger partial charge is 0.373 e. The number of unbranched alkanes of at least 4 members (excludes halogenated alkanes) is 39. The molecule has 344 valence electrons. The molecule has 0 aliphatic rings. The van der Waals surface area contributed by atoms with E-state index in [-0.39, 0.29) is 0 Å². The molecule has 0 aliphatic carbocycles. The van der Waals surface area contributed by atoms with Crippen LogP contribution in [0.15, 0.2) is 0 Å². The van der Waals surface area contributed by atoms with Gasteiger partial charge in [-0.1, -0.05) is 278 Å². The molecule has 3 nitrogen and oxygen atoms in total. The Kier molecular flexibility index (Phi) is 49.5. The van der Waals surface area contributed by atoms with Crippen LogP contribution in [0.25, 0.3) is 0 Å². The molecule has 0 radical (unpaired) electrons. The zero-order valence-corrected chi connectivity index (χ0v) is 41.9. The minimum Gasteiger partial charge on any atom is -0.373 e. The van der Waals surface area contributed by atoms with Gasteiger partial charge in [-0.3, -0.25) is 0 Å². The topological polar surface area (TPSA) is 27.7 Å². The molecule has 0 amide bonds. The monoisotopic (exact) mass is 841 g/mol. The second kappa shape index (κ2) is 49.1. The molecule has 0 bridgehead atoms. The fraction of sp³-hybridized carbons (Fsp3) is 1.00. The van der Waals surface area contributed by atoms with Gasteiger partial charge in [0.05, 0.1) is 0 Å². The fourth-order valence-corrected chi connectivity index (χ4v) is 11.7. The molecule has 0 heterocycles. The van der Waals surface area contributed by atoms with Gasteiger partial charge in [0.15, 0.2) is 0 Å². The molecule has 57 heavy (non-hydrogen) atoms. The molecule has 0 aromatic heterocycles. The lowest BCUT2D eigenvalue weighted by Gasteiger charge is -2.32. The summed E-state index contributed by atoms with van der Waals surface area (Å²) in [6.45, 7) is 11.6. The Labute approximate surface area is 368 Å². The van der Waals surface area contributed by atoms with Crippen molar-refractivity contribution < 1.29 is 13.3 Å². The standard InChI is InChI=1S/C52H108O3SSi/c1-5-8-11-14-17-20-23-26-29-32-35-38-41-44-47-53-57(51-52(4)50-56,54-48-45-42-39-36-33-30-27-24-21-18-15-12-9-6-2)55-49-46-43-40-37-34-31-28-25-22-19-16-13-10-7-3/h52,56H,5-51H2,1-4H3. The van der Waals surface area contributed by atoms with Crippen LogP contribution in [0.5, 0.6) is 0 Å². The van der Waals surface area contributed by atoms with Crippen molar-refractivity contribution in [2.75, 3.05) is 25.6 Å². The lowest BCUT2D eigenvalue weighted by Crippen LogP contribution is -2.48. The van der Waals surface area contributed by atoms with E-state index in [1.165, 1.54) is 250 Å². The van der Waals surface area contributed by atoms with Gasteiger partial charge in [0.2, 0.25) is 0 Å². The van der Waals surface area contributed by atoms with Gasteiger partial charge in [-0.25, -0.2) is 0 Å². The van der Waals surface area contributed by atoms with Crippen LogP contribution in [0, 0.1) is 5.92 Å². The molecular weight excluding hydrogens is 733 g/mol. The van der Waals surface area contributed by atoms with Crippen molar-refractivity contribution in [1.29, 1.82) is 0 Å². The zero-order chi connectivity index (χ0) is 41.4. The fourth-order valence-electron chi connectivity index (χ4n) is 8.37. The second-order valence-electron chi connectivity index (χ2n) is 18.5. The first-order chi connectivity index (χ1) is 28.1. The molecule has 0 fully saturated rings. The van der Waals surface area contributed by atoms with Crippen LogP contribution in [0.1, 0.15) is 297 Å². The maximum absolute atomic E-state index is 6.81. The van der Waals surface area contributed by atoms with Crippen LogP contribution in [0.3, 0.4) is 0 Å². The summed E-state index contributed by atoms with van der Waals surface area (Å²) >= 11 is 4.69. The van der Waals surface area contributed by atoms with Gasteiger partial charge in [-0.15, -0.1) is 0 Å². The lowest BCUT2D eigenvalue weighted by atomic mass is 10.0. The van der Waals surface area contributed by atoms with Crippen molar-refractivity contribution in [3.63, 3.8) is 0 Å². The maximum atomic E-state index is 6.81. The molecule has 0 saturated heterocycles. The number of rotatable bonds is 51.